The van der Waals surface area contributed by atoms with E-state index in [1.807, 2.05) is 51.2 Å². The Kier molecular flexibility index (Phi) is 22.2. The maximum Gasteiger partial charge on any atom is 0.329 e. The van der Waals surface area contributed by atoms with E-state index in [0.717, 1.165) is 5.57 Å². The molecule has 4 aliphatic rings. The van der Waals surface area contributed by atoms with Crippen LogP contribution in [0.25, 0.3) is 0 Å². The maximum atomic E-state index is 14.4. The first-order chi connectivity index (χ1) is 32.5. The number of esters is 1. The molecule has 4 N–H and O–H groups in total. The number of fused-ring (bicyclic) bond motifs is 3. The number of hydrogen-bond acceptors (Lipinski definition) is 14. The van der Waals surface area contributed by atoms with Crippen LogP contribution < -0.4 is 0 Å². The summed E-state index contributed by atoms with van der Waals surface area (Å²) in [5.74, 6) is -8.32. The van der Waals surface area contributed by atoms with E-state index in [4.69, 9.17) is 23.7 Å². The molecule has 3 fully saturated rings. The highest BCUT2D eigenvalue weighted by Gasteiger charge is 2.53. The van der Waals surface area contributed by atoms with Gasteiger partial charge in [0.2, 0.25) is 5.79 Å². The molecule has 1 amide bonds. The summed E-state index contributed by atoms with van der Waals surface area (Å²) in [7, 11) is 2.93. The Balaban J connectivity index is 1.74. The minimum absolute atomic E-state index is 0.0180. The lowest BCUT2D eigenvalue weighted by Gasteiger charge is -2.43. The van der Waals surface area contributed by atoms with E-state index in [2.05, 4.69) is 0 Å². The zero-order chi connectivity index (χ0) is 51.4. The van der Waals surface area contributed by atoms with Crippen molar-refractivity contribution in [2.24, 2.45) is 35.5 Å². The normalized spacial score (nSPS) is 39.0. The second-order valence-corrected chi connectivity index (χ2v) is 21.4. The number of hydrogen-bond donors (Lipinski definition) is 4. The number of ether oxygens (including phenoxy) is 5. The summed E-state index contributed by atoms with van der Waals surface area (Å²) in [6.07, 6.45) is 10.2. The highest BCUT2D eigenvalue weighted by atomic mass is 16.6. The van der Waals surface area contributed by atoms with Gasteiger partial charge in [-0.05, 0) is 121 Å². The van der Waals surface area contributed by atoms with Crippen molar-refractivity contribution < 1.29 is 68.1 Å². The Labute approximate surface area is 411 Å². The Morgan fingerprint density at radius 1 is 0.884 bits per heavy atom. The molecule has 0 aromatic rings. The monoisotopic (exact) mass is 972 g/mol. The fourth-order valence-electron chi connectivity index (χ4n) is 10.4. The van der Waals surface area contributed by atoms with Gasteiger partial charge in [0.1, 0.15) is 30.1 Å². The lowest BCUT2D eigenvalue weighted by atomic mass is 9.78. The third-order valence-corrected chi connectivity index (χ3v) is 15.0. The molecule has 15 atom stereocenters. The summed E-state index contributed by atoms with van der Waals surface area (Å²) in [5.41, 5.74) is 0.211. The lowest BCUT2D eigenvalue weighted by molar-refractivity contribution is -0.267. The van der Waals surface area contributed by atoms with Gasteiger partial charge in [0.15, 0.2) is 5.78 Å². The summed E-state index contributed by atoms with van der Waals surface area (Å²) >= 11 is 0. The molecular weight excluding hydrogens is 887 g/mol. The van der Waals surface area contributed by atoms with E-state index in [1.165, 1.54) is 12.0 Å². The molecule has 0 spiro atoms. The molecule has 3 aliphatic heterocycles. The van der Waals surface area contributed by atoms with Crippen molar-refractivity contribution in [3.8, 4) is 0 Å². The molecule has 1 aliphatic carbocycles. The Morgan fingerprint density at radius 3 is 2.26 bits per heavy atom. The summed E-state index contributed by atoms with van der Waals surface area (Å²) in [6.45, 7) is 15.8. The zero-order valence-corrected chi connectivity index (χ0v) is 43.3. The molecule has 390 valence electrons. The predicted octanol–water partition coefficient (Wildman–Crippen LogP) is 6.32. The topological polar surface area (TPSA) is 216 Å². The van der Waals surface area contributed by atoms with Gasteiger partial charge in [-0.2, -0.15) is 0 Å². The van der Waals surface area contributed by atoms with Gasteiger partial charge in [-0.25, -0.2) is 4.79 Å². The van der Waals surface area contributed by atoms with E-state index in [0.29, 0.717) is 63.4 Å². The van der Waals surface area contributed by atoms with Crippen molar-refractivity contribution >= 4 is 29.2 Å². The zero-order valence-electron chi connectivity index (χ0n) is 43.3. The standard InChI is InChI=1S/C54H85NO14/c1-32-17-13-12-14-18-33(2)45(69-53(8,9)31-56)29-40-22-20-38(7)54(64,68-40)50(61)51(62)55-24-16-15-19-41(55)52(63)67-44(35(4)27-39-21-23-42(57)46(28-39)65-10)30-43(58)34(3)26-37(6)48(60)49(66-11)47(59)36(5)25-32/h12-14,17-18,26,32,34-36,38-42,44-46,48-49,56-57,60,64H,15-16,19-25,27-31H2,1-11H3/b14-12+,17-13+,33-18+,37-26+/t32-,34-,35-,36-,38-,39+,40+,41+,42-,44+,45?,46-,48-,49+,54-/m1/s1. The van der Waals surface area contributed by atoms with Crippen LogP contribution in [0.5, 0.6) is 0 Å². The fraction of sp³-hybridized carbons (Fsp3) is 0.759. The molecule has 2 saturated heterocycles. The second kappa shape index (κ2) is 26.3. The second-order valence-electron chi connectivity index (χ2n) is 21.4. The average molecular weight is 972 g/mol. The van der Waals surface area contributed by atoms with Crippen LogP contribution in [0.2, 0.25) is 0 Å². The molecule has 0 aromatic heterocycles. The van der Waals surface area contributed by atoms with Crippen molar-refractivity contribution in [3.05, 3.63) is 47.6 Å². The number of carbonyl (C=O) groups excluding carboxylic acids is 5. The van der Waals surface area contributed by atoms with Gasteiger partial charge in [-0.1, -0.05) is 71.1 Å². The third kappa shape index (κ3) is 15.8. The Hall–Kier alpha value is -3.41. The quantitative estimate of drug-likeness (QED) is 0.119. The molecule has 1 unspecified atom stereocenters. The number of piperidine rings is 1. The minimum atomic E-state index is -2.50. The number of carbonyl (C=O) groups is 5. The average Bonchev–Trinajstić information content (AvgIpc) is 3.31. The first-order valence-electron chi connectivity index (χ1n) is 25.4. The number of rotatable bonds is 8. The van der Waals surface area contributed by atoms with Crippen LogP contribution >= 0.6 is 0 Å². The van der Waals surface area contributed by atoms with E-state index in [-0.39, 0.29) is 67.8 Å². The molecule has 2 bridgehead atoms. The van der Waals surface area contributed by atoms with Crippen LogP contribution in [-0.4, -0.2) is 142 Å². The largest absolute Gasteiger partial charge is 0.460 e. The van der Waals surface area contributed by atoms with E-state index < -0.39 is 89.5 Å². The van der Waals surface area contributed by atoms with Gasteiger partial charge >= 0.3 is 5.97 Å². The van der Waals surface area contributed by atoms with E-state index in [1.54, 1.807) is 54.7 Å². The smallest absolute Gasteiger partial charge is 0.329 e. The number of amides is 1. The van der Waals surface area contributed by atoms with Crippen molar-refractivity contribution in [3.63, 3.8) is 0 Å². The molecule has 15 heteroatoms. The molecule has 0 radical (unpaired) electrons. The van der Waals surface area contributed by atoms with Gasteiger partial charge in [0.05, 0.1) is 36.6 Å². The molecule has 4 rings (SSSR count). The highest BCUT2D eigenvalue weighted by molar-refractivity contribution is 6.39. The molecule has 69 heavy (non-hydrogen) atoms. The Morgan fingerprint density at radius 2 is 1.59 bits per heavy atom. The summed E-state index contributed by atoms with van der Waals surface area (Å²) in [6, 6.07) is -1.17. The number of methoxy groups -OCH3 is 2. The van der Waals surface area contributed by atoms with Crippen molar-refractivity contribution in [2.75, 3.05) is 27.4 Å². The van der Waals surface area contributed by atoms with Crippen LogP contribution in [0.4, 0.5) is 0 Å². The molecule has 0 aromatic carbocycles. The van der Waals surface area contributed by atoms with E-state index in [9.17, 15) is 44.4 Å². The number of aliphatic hydroxyl groups is 4. The van der Waals surface area contributed by atoms with Gasteiger partial charge in [-0.3, -0.25) is 19.2 Å². The predicted molar refractivity (Wildman–Crippen MR) is 260 cm³/mol. The van der Waals surface area contributed by atoms with Crippen LogP contribution in [0.3, 0.4) is 0 Å². The van der Waals surface area contributed by atoms with Crippen LogP contribution in [0.15, 0.2) is 47.6 Å². The Bertz CT molecular complexity index is 1870. The molecule has 15 nitrogen and oxygen atoms in total. The van der Waals surface area contributed by atoms with Gasteiger partial charge in [0, 0.05) is 51.4 Å². The van der Waals surface area contributed by atoms with Crippen LogP contribution in [-0.2, 0) is 47.7 Å². The van der Waals surface area contributed by atoms with Gasteiger partial charge in [-0.15, -0.1) is 0 Å². The van der Waals surface area contributed by atoms with Crippen LogP contribution in [0, 0.1) is 35.5 Å². The summed E-state index contributed by atoms with van der Waals surface area (Å²) < 4.78 is 30.1. The number of nitrogens with zero attached hydrogens (tertiary/aromatic N) is 1. The number of Topliss-reactive ketones (excluding diaryl/α,β-unsaturated/α-hetero) is 3. The third-order valence-electron chi connectivity index (χ3n) is 15.0. The van der Waals surface area contributed by atoms with E-state index >= 15 is 0 Å². The SMILES string of the molecule is CO[C@@H]1C[C@H](C[C@@H](C)[C@@H]2CC(=O)[C@H](C)/C=C(\C)[C@@H](O)[C@@H](OC)C(=O)[C@H](C)C[C@H](C)/C=C/C=C/C=C(\C)C(OC(C)(C)CO)C[C@@H]3CC[C@@H](C)[C@@](O)(O3)C(=O)C(=O)N3CCCC[C@H]3C(=O)O2)CC[C@H]1O. The number of aliphatic hydroxyl groups excluding tert-OH is 3. The maximum absolute atomic E-state index is 14.4. The molecule has 1 saturated carbocycles. The molecule has 3 heterocycles. The number of cyclic esters (lactones) is 1. The summed E-state index contributed by atoms with van der Waals surface area (Å²) in [4.78, 5) is 72.3. The first kappa shape index (κ1) is 58.2. The van der Waals surface area contributed by atoms with Crippen LogP contribution in [0.1, 0.15) is 139 Å². The van der Waals surface area contributed by atoms with Crippen molar-refractivity contribution in [2.45, 2.75) is 200 Å². The van der Waals surface area contributed by atoms with Crippen molar-refractivity contribution in [1.29, 1.82) is 0 Å². The minimum Gasteiger partial charge on any atom is -0.460 e. The molecular formula is C54H85NO14. The summed E-state index contributed by atoms with van der Waals surface area (Å²) in [5, 5.41) is 44.2. The van der Waals surface area contributed by atoms with Gasteiger partial charge < -0.3 is 49.0 Å². The fourth-order valence-corrected chi connectivity index (χ4v) is 10.4. The highest BCUT2D eigenvalue weighted by Crippen LogP contribution is 2.38. The van der Waals surface area contributed by atoms with Gasteiger partial charge in [0.25, 0.3) is 11.7 Å². The number of ketones is 3. The van der Waals surface area contributed by atoms with Crippen molar-refractivity contribution in [1.82, 2.24) is 4.90 Å². The lowest BCUT2D eigenvalue weighted by Crippen LogP contribution is -2.61. The first-order valence-corrected chi connectivity index (χ1v) is 25.4. The number of allylic oxidation sites excluding steroid dienone is 6.